The van der Waals surface area contributed by atoms with Gasteiger partial charge in [-0.1, -0.05) is 18.2 Å². The van der Waals surface area contributed by atoms with Crippen molar-refractivity contribution in [2.24, 2.45) is 0 Å². The molecule has 5 rings (SSSR count). The van der Waals surface area contributed by atoms with Crippen LogP contribution in [0.1, 0.15) is 27.9 Å². The second kappa shape index (κ2) is 8.73. The number of nitrogens with zero attached hydrogens (tertiary/aromatic N) is 3. The number of morpholine rings is 1. The Balaban J connectivity index is 1.42. The molecule has 0 spiro atoms. The first-order valence-corrected chi connectivity index (χ1v) is 11.4. The molecule has 0 saturated carbocycles. The summed E-state index contributed by atoms with van der Waals surface area (Å²) in [4.78, 5) is 45.4. The summed E-state index contributed by atoms with van der Waals surface area (Å²) in [5.41, 5.74) is 3.05. The molecule has 1 fully saturated rings. The third kappa shape index (κ3) is 4.10. The average molecular weight is 460 g/mol. The van der Waals surface area contributed by atoms with Gasteiger partial charge in [-0.05, 0) is 35.9 Å². The summed E-state index contributed by atoms with van der Waals surface area (Å²) in [6, 6.07) is 12.9. The monoisotopic (exact) mass is 459 g/mol. The number of Topliss-reactive ketones (excluding diaryl/α,β-unsaturated/α-hetero) is 1. The lowest BCUT2D eigenvalue weighted by molar-refractivity contribution is -0.129. The highest BCUT2D eigenvalue weighted by molar-refractivity contribution is 7.19. The van der Waals surface area contributed by atoms with Crippen molar-refractivity contribution in [1.82, 2.24) is 9.88 Å². The Labute approximate surface area is 194 Å². The van der Waals surface area contributed by atoms with Crippen molar-refractivity contribution in [1.29, 1.82) is 0 Å². The number of thiazole rings is 1. The van der Waals surface area contributed by atoms with Crippen LogP contribution in [0.15, 0.2) is 54.2 Å². The SMILES string of the molecule is CC(=O)N1C(=Cc2nc3cc(/C=C/C(=O)N4CCOCC4)ccc3s2)C(=O)c2ccccc21. The zero-order chi connectivity index (χ0) is 22.9. The normalized spacial score (nSPS) is 17.4. The standard InChI is InChI=1S/C25H21N3O4S/c1-16(29)28-20-5-3-2-4-18(20)25(31)21(28)15-23-26-19-14-17(6-8-22(19)33-23)7-9-24(30)27-10-12-32-13-11-27/h2-9,14-15H,10-13H2,1H3/b9-7+,21-15?. The molecule has 0 atom stereocenters. The van der Waals surface area contributed by atoms with Crippen LogP contribution < -0.4 is 4.90 Å². The molecule has 3 heterocycles. The lowest BCUT2D eigenvalue weighted by Crippen LogP contribution is -2.39. The first kappa shape index (κ1) is 21.2. The Bertz CT molecular complexity index is 1330. The van der Waals surface area contributed by atoms with E-state index < -0.39 is 0 Å². The van der Waals surface area contributed by atoms with E-state index in [0.29, 0.717) is 48.3 Å². The molecule has 1 saturated heterocycles. The van der Waals surface area contributed by atoms with Crippen molar-refractivity contribution in [3.05, 3.63) is 70.4 Å². The van der Waals surface area contributed by atoms with Gasteiger partial charge in [-0.15, -0.1) is 11.3 Å². The molecule has 2 aromatic carbocycles. The van der Waals surface area contributed by atoms with Crippen LogP contribution in [-0.2, 0) is 14.3 Å². The highest BCUT2D eigenvalue weighted by atomic mass is 32.1. The van der Waals surface area contributed by atoms with Gasteiger partial charge in [0.05, 0.1) is 34.8 Å². The molecule has 3 aromatic rings. The van der Waals surface area contributed by atoms with E-state index in [0.717, 1.165) is 15.8 Å². The molecule has 8 heteroatoms. The van der Waals surface area contributed by atoms with Crippen LogP contribution in [0.25, 0.3) is 22.4 Å². The Hall–Kier alpha value is -3.62. The van der Waals surface area contributed by atoms with Gasteiger partial charge >= 0.3 is 0 Å². The fraction of sp³-hybridized carbons (Fsp3) is 0.200. The zero-order valence-corrected chi connectivity index (χ0v) is 18.8. The first-order chi connectivity index (χ1) is 16.0. The van der Waals surface area contributed by atoms with Crippen LogP contribution in [0.5, 0.6) is 0 Å². The number of anilines is 1. The third-order valence-electron chi connectivity index (χ3n) is 5.61. The average Bonchev–Trinajstić information content (AvgIpc) is 3.36. The molecule has 1 aromatic heterocycles. The number of para-hydroxylation sites is 1. The summed E-state index contributed by atoms with van der Waals surface area (Å²) >= 11 is 1.44. The van der Waals surface area contributed by atoms with E-state index in [4.69, 9.17) is 4.74 Å². The quantitative estimate of drug-likeness (QED) is 0.557. The number of carbonyl (C=O) groups excluding carboxylic acids is 3. The second-order valence-corrected chi connectivity index (χ2v) is 8.84. The molecule has 166 valence electrons. The molecule has 2 aliphatic heterocycles. The van der Waals surface area contributed by atoms with E-state index in [1.165, 1.54) is 23.2 Å². The Morgan fingerprint density at radius 1 is 1.12 bits per heavy atom. The fourth-order valence-electron chi connectivity index (χ4n) is 4.00. The van der Waals surface area contributed by atoms with Gasteiger partial charge in [0.2, 0.25) is 17.6 Å². The second-order valence-electron chi connectivity index (χ2n) is 7.78. The van der Waals surface area contributed by atoms with Gasteiger partial charge in [0.1, 0.15) is 5.01 Å². The molecule has 0 unspecified atom stereocenters. The van der Waals surface area contributed by atoms with Crippen LogP contribution in [0, 0.1) is 0 Å². The number of carbonyl (C=O) groups is 3. The number of ether oxygens (including phenoxy) is 1. The first-order valence-electron chi connectivity index (χ1n) is 10.6. The summed E-state index contributed by atoms with van der Waals surface area (Å²) in [5.74, 6) is -0.450. The van der Waals surface area contributed by atoms with Crippen molar-refractivity contribution >= 4 is 57.0 Å². The summed E-state index contributed by atoms with van der Waals surface area (Å²) in [6.45, 7) is 3.78. The lowest BCUT2D eigenvalue weighted by atomic mass is 10.1. The molecule has 0 bridgehead atoms. The summed E-state index contributed by atoms with van der Waals surface area (Å²) in [6.07, 6.45) is 5.02. The van der Waals surface area contributed by atoms with Crippen LogP contribution in [0.2, 0.25) is 0 Å². The van der Waals surface area contributed by atoms with E-state index in [1.54, 1.807) is 41.3 Å². The highest BCUT2D eigenvalue weighted by Gasteiger charge is 2.34. The topological polar surface area (TPSA) is 79.8 Å². The number of benzene rings is 2. The summed E-state index contributed by atoms with van der Waals surface area (Å²) < 4.78 is 6.24. The summed E-state index contributed by atoms with van der Waals surface area (Å²) in [5, 5.41) is 0.637. The van der Waals surface area contributed by atoms with Crippen LogP contribution in [0.3, 0.4) is 0 Å². The number of rotatable bonds is 3. The van der Waals surface area contributed by atoms with Crippen molar-refractivity contribution in [3.8, 4) is 0 Å². The van der Waals surface area contributed by atoms with Crippen LogP contribution in [0.4, 0.5) is 5.69 Å². The number of fused-ring (bicyclic) bond motifs is 2. The van der Waals surface area contributed by atoms with E-state index in [-0.39, 0.29) is 17.6 Å². The smallest absolute Gasteiger partial charge is 0.246 e. The van der Waals surface area contributed by atoms with Crippen molar-refractivity contribution in [3.63, 3.8) is 0 Å². The number of hydrogen-bond acceptors (Lipinski definition) is 6. The van der Waals surface area contributed by atoms with Crippen molar-refractivity contribution in [2.45, 2.75) is 6.92 Å². The highest BCUT2D eigenvalue weighted by Crippen LogP contribution is 2.36. The van der Waals surface area contributed by atoms with Gasteiger partial charge < -0.3 is 9.64 Å². The van der Waals surface area contributed by atoms with Gasteiger partial charge in [-0.2, -0.15) is 0 Å². The maximum absolute atomic E-state index is 12.9. The van der Waals surface area contributed by atoms with E-state index in [1.807, 2.05) is 24.3 Å². The van der Waals surface area contributed by atoms with Gasteiger partial charge in [0.15, 0.2) is 0 Å². The number of hydrogen-bond donors (Lipinski definition) is 0. The Kier molecular flexibility index (Phi) is 5.62. The van der Waals surface area contributed by atoms with Gasteiger partial charge in [0, 0.05) is 37.7 Å². The number of amides is 2. The number of aromatic nitrogens is 1. The minimum Gasteiger partial charge on any atom is -0.378 e. The van der Waals surface area contributed by atoms with E-state index in [9.17, 15) is 14.4 Å². The van der Waals surface area contributed by atoms with Gasteiger partial charge in [0.25, 0.3) is 0 Å². The molecule has 2 aliphatic rings. The molecule has 0 radical (unpaired) electrons. The Morgan fingerprint density at radius 2 is 1.91 bits per heavy atom. The Morgan fingerprint density at radius 3 is 2.70 bits per heavy atom. The van der Waals surface area contributed by atoms with Crippen LogP contribution in [-0.4, -0.2) is 53.8 Å². The lowest BCUT2D eigenvalue weighted by Gasteiger charge is -2.25. The molecule has 0 aliphatic carbocycles. The minimum absolute atomic E-state index is 0.0364. The minimum atomic E-state index is -0.224. The fourth-order valence-corrected chi connectivity index (χ4v) is 4.89. The number of allylic oxidation sites excluding steroid dienone is 1. The summed E-state index contributed by atoms with van der Waals surface area (Å²) in [7, 11) is 0. The van der Waals surface area contributed by atoms with Crippen molar-refractivity contribution < 1.29 is 19.1 Å². The van der Waals surface area contributed by atoms with Gasteiger partial charge in [-0.3, -0.25) is 19.3 Å². The molecule has 2 amide bonds. The van der Waals surface area contributed by atoms with Crippen LogP contribution >= 0.6 is 11.3 Å². The largest absolute Gasteiger partial charge is 0.378 e. The molecular formula is C25H21N3O4S. The predicted octanol–water partition coefficient (Wildman–Crippen LogP) is 3.76. The predicted molar refractivity (Wildman–Crippen MR) is 128 cm³/mol. The third-order valence-corrected chi connectivity index (χ3v) is 6.59. The van der Waals surface area contributed by atoms with E-state index >= 15 is 0 Å². The van der Waals surface area contributed by atoms with Crippen molar-refractivity contribution in [2.75, 3.05) is 31.2 Å². The maximum atomic E-state index is 12.9. The zero-order valence-electron chi connectivity index (χ0n) is 18.0. The number of ketones is 1. The van der Waals surface area contributed by atoms with Gasteiger partial charge in [-0.25, -0.2) is 4.98 Å². The maximum Gasteiger partial charge on any atom is 0.246 e. The molecular weight excluding hydrogens is 438 g/mol. The molecule has 33 heavy (non-hydrogen) atoms. The van der Waals surface area contributed by atoms with E-state index in [2.05, 4.69) is 4.98 Å². The molecule has 7 nitrogen and oxygen atoms in total. The molecule has 0 N–H and O–H groups in total.